The number of nitrogens with zero attached hydrogens (tertiary/aromatic N) is 2. The SMILES string of the molecule is COc1ccc(NC(=O)Nc2nnc(SCCC(C)C)s2)cc1OC. The molecule has 0 fully saturated rings. The average Bonchev–Trinajstić information content (AvgIpc) is 3.01. The number of methoxy groups -OCH3 is 2. The van der Waals surface area contributed by atoms with Gasteiger partial charge in [0.15, 0.2) is 15.8 Å². The van der Waals surface area contributed by atoms with Gasteiger partial charge in [-0.05, 0) is 24.5 Å². The summed E-state index contributed by atoms with van der Waals surface area (Å²) in [5, 5.41) is 13.9. The number of aromatic nitrogens is 2. The maximum Gasteiger partial charge on any atom is 0.325 e. The predicted octanol–water partition coefficient (Wildman–Crippen LogP) is 4.34. The molecule has 0 aliphatic carbocycles. The normalized spacial score (nSPS) is 10.6. The molecule has 136 valence electrons. The lowest BCUT2D eigenvalue weighted by Gasteiger charge is -2.10. The summed E-state index contributed by atoms with van der Waals surface area (Å²) in [5.41, 5.74) is 0.589. The number of carbonyl (C=O) groups excluding carboxylic acids is 1. The van der Waals surface area contributed by atoms with Gasteiger partial charge in [-0.3, -0.25) is 5.32 Å². The molecule has 0 radical (unpaired) electrons. The van der Waals surface area contributed by atoms with E-state index in [9.17, 15) is 4.79 Å². The van der Waals surface area contributed by atoms with E-state index in [-0.39, 0.29) is 6.03 Å². The van der Waals surface area contributed by atoms with Gasteiger partial charge in [-0.15, -0.1) is 10.2 Å². The number of hydrogen-bond donors (Lipinski definition) is 2. The van der Waals surface area contributed by atoms with E-state index in [4.69, 9.17) is 9.47 Å². The first-order valence-electron chi connectivity index (χ1n) is 7.78. The molecule has 0 saturated heterocycles. The Morgan fingerprint density at radius 1 is 1.20 bits per heavy atom. The van der Waals surface area contributed by atoms with Crippen molar-refractivity contribution in [1.29, 1.82) is 0 Å². The van der Waals surface area contributed by atoms with Gasteiger partial charge in [-0.1, -0.05) is 36.9 Å². The maximum absolute atomic E-state index is 12.1. The molecule has 2 amide bonds. The Labute approximate surface area is 155 Å². The Bertz CT molecular complexity index is 706. The molecular formula is C16H22N4O3S2. The highest BCUT2D eigenvalue weighted by Crippen LogP contribution is 2.30. The molecule has 2 N–H and O–H groups in total. The Kier molecular flexibility index (Phi) is 7.32. The van der Waals surface area contributed by atoms with Crippen LogP contribution in [0, 0.1) is 5.92 Å². The maximum atomic E-state index is 12.1. The number of hydrogen-bond acceptors (Lipinski definition) is 7. The van der Waals surface area contributed by atoms with Crippen LogP contribution in [0.2, 0.25) is 0 Å². The second-order valence-electron chi connectivity index (χ2n) is 5.55. The monoisotopic (exact) mass is 382 g/mol. The van der Waals surface area contributed by atoms with E-state index >= 15 is 0 Å². The smallest absolute Gasteiger partial charge is 0.325 e. The third-order valence-corrected chi connectivity index (χ3v) is 5.19. The fraction of sp³-hybridized carbons (Fsp3) is 0.438. The van der Waals surface area contributed by atoms with Crippen LogP contribution in [-0.2, 0) is 0 Å². The molecule has 0 atom stereocenters. The minimum atomic E-state index is -0.387. The molecule has 0 spiro atoms. The first-order chi connectivity index (χ1) is 12.0. The molecule has 25 heavy (non-hydrogen) atoms. The lowest BCUT2D eigenvalue weighted by Crippen LogP contribution is -2.19. The van der Waals surface area contributed by atoms with Crippen LogP contribution >= 0.6 is 23.1 Å². The highest BCUT2D eigenvalue weighted by atomic mass is 32.2. The summed E-state index contributed by atoms with van der Waals surface area (Å²) in [5.74, 6) is 2.79. The van der Waals surface area contributed by atoms with Crippen LogP contribution in [0.4, 0.5) is 15.6 Å². The van der Waals surface area contributed by atoms with Crippen LogP contribution in [0.25, 0.3) is 0 Å². The van der Waals surface area contributed by atoms with Gasteiger partial charge >= 0.3 is 6.03 Å². The van der Waals surface area contributed by atoms with Gasteiger partial charge in [0, 0.05) is 17.5 Å². The molecule has 7 nitrogen and oxygen atoms in total. The van der Waals surface area contributed by atoms with Gasteiger partial charge in [0.05, 0.1) is 14.2 Å². The lowest BCUT2D eigenvalue weighted by molar-refractivity contribution is 0.262. The highest BCUT2D eigenvalue weighted by Gasteiger charge is 2.11. The molecule has 0 bridgehead atoms. The van der Waals surface area contributed by atoms with Crippen LogP contribution in [0.5, 0.6) is 11.5 Å². The van der Waals surface area contributed by atoms with Gasteiger partial charge in [0.1, 0.15) is 0 Å². The van der Waals surface area contributed by atoms with Crippen molar-refractivity contribution in [2.45, 2.75) is 24.6 Å². The Hall–Kier alpha value is -2.00. The zero-order valence-electron chi connectivity index (χ0n) is 14.7. The number of thioether (sulfide) groups is 1. The van der Waals surface area contributed by atoms with Crippen LogP contribution < -0.4 is 20.1 Å². The van der Waals surface area contributed by atoms with Crippen molar-refractivity contribution < 1.29 is 14.3 Å². The molecule has 1 heterocycles. The van der Waals surface area contributed by atoms with E-state index in [0.717, 1.165) is 16.5 Å². The quantitative estimate of drug-likeness (QED) is 0.522. The number of amides is 2. The number of nitrogens with one attached hydrogen (secondary N) is 2. The second-order valence-corrected chi connectivity index (χ2v) is 7.87. The Morgan fingerprint density at radius 3 is 2.64 bits per heavy atom. The Balaban J connectivity index is 1.89. The Morgan fingerprint density at radius 2 is 1.96 bits per heavy atom. The number of carbonyl (C=O) groups is 1. The summed E-state index contributed by atoms with van der Waals surface area (Å²) in [6.07, 6.45) is 1.12. The van der Waals surface area contributed by atoms with Crippen molar-refractivity contribution >= 4 is 39.9 Å². The van der Waals surface area contributed by atoms with Crippen LogP contribution in [0.15, 0.2) is 22.5 Å². The molecule has 0 unspecified atom stereocenters. The van der Waals surface area contributed by atoms with Gasteiger partial charge in [0.2, 0.25) is 5.13 Å². The summed E-state index contributed by atoms with van der Waals surface area (Å²) < 4.78 is 11.2. The van der Waals surface area contributed by atoms with Crippen LogP contribution in [-0.4, -0.2) is 36.2 Å². The predicted molar refractivity (Wildman–Crippen MR) is 102 cm³/mol. The highest BCUT2D eigenvalue weighted by molar-refractivity contribution is 8.01. The van der Waals surface area contributed by atoms with Crippen molar-refractivity contribution in [2.24, 2.45) is 5.92 Å². The molecule has 1 aromatic heterocycles. The first kappa shape index (κ1) is 19.3. The minimum absolute atomic E-state index is 0.387. The molecule has 2 aromatic rings. The largest absolute Gasteiger partial charge is 0.493 e. The van der Waals surface area contributed by atoms with Gasteiger partial charge < -0.3 is 14.8 Å². The van der Waals surface area contributed by atoms with E-state index in [1.54, 1.807) is 44.2 Å². The third-order valence-electron chi connectivity index (χ3n) is 3.19. The number of rotatable bonds is 8. The zero-order chi connectivity index (χ0) is 18.2. The molecular weight excluding hydrogens is 360 g/mol. The number of benzene rings is 1. The molecule has 2 rings (SSSR count). The molecule has 0 aliphatic rings. The van der Waals surface area contributed by atoms with Gasteiger partial charge in [-0.2, -0.15) is 0 Å². The van der Waals surface area contributed by atoms with Gasteiger partial charge in [0.25, 0.3) is 0 Å². The van der Waals surface area contributed by atoms with Gasteiger partial charge in [-0.25, -0.2) is 4.79 Å². The molecule has 0 aliphatic heterocycles. The van der Waals surface area contributed by atoms with Crippen LogP contribution in [0.3, 0.4) is 0 Å². The van der Waals surface area contributed by atoms with E-state index in [0.29, 0.717) is 28.2 Å². The van der Waals surface area contributed by atoms with E-state index in [1.807, 2.05) is 0 Å². The van der Waals surface area contributed by atoms with Crippen molar-refractivity contribution in [3.63, 3.8) is 0 Å². The lowest BCUT2D eigenvalue weighted by atomic mass is 10.2. The number of anilines is 2. The minimum Gasteiger partial charge on any atom is -0.493 e. The van der Waals surface area contributed by atoms with Crippen LogP contribution in [0.1, 0.15) is 20.3 Å². The molecule has 0 saturated carbocycles. The number of urea groups is 1. The van der Waals surface area contributed by atoms with E-state index in [2.05, 4.69) is 34.7 Å². The summed E-state index contributed by atoms with van der Waals surface area (Å²) >= 11 is 3.01. The van der Waals surface area contributed by atoms with Crippen molar-refractivity contribution in [3.8, 4) is 11.5 Å². The van der Waals surface area contributed by atoms with E-state index in [1.165, 1.54) is 11.3 Å². The van der Waals surface area contributed by atoms with Crippen molar-refractivity contribution in [1.82, 2.24) is 10.2 Å². The van der Waals surface area contributed by atoms with Crippen molar-refractivity contribution in [2.75, 3.05) is 30.6 Å². The third kappa shape index (κ3) is 6.09. The number of ether oxygens (including phenoxy) is 2. The van der Waals surface area contributed by atoms with E-state index < -0.39 is 0 Å². The standard InChI is InChI=1S/C16H22N4O3S2/c1-10(2)7-8-24-16-20-19-15(25-16)18-14(21)17-11-5-6-12(22-3)13(9-11)23-4/h5-6,9-10H,7-8H2,1-4H3,(H2,17,18,19,21). The van der Waals surface area contributed by atoms with Crippen molar-refractivity contribution in [3.05, 3.63) is 18.2 Å². The summed E-state index contributed by atoms with van der Waals surface area (Å²) in [6, 6.07) is 4.75. The fourth-order valence-corrected chi connectivity index (χ4v) is 3.93. The molecule has 1 aromatic carbocycles. The summed E-state index contributed by atoms with van der Waals surface area (Å²) in [7, 11) is 3.10. The first-order valence-corrected chi connectivity index (χ1v) is 9.58. The fourth-order valence-electron chi connectivity index (χ4n) is 1.87. The topological polar surface area (TPSA) is 85.4 Å². The second kappa shape index (κ2) is 9.47. The average molecular weight is 383 g/mol. The summed E-state index contributed by atoms with van der Waals surface area (Å²) in [6.45, 7) is 4.37. The zero-order valence-corrected chi connectivity index (χ0v) is 16.3. The summed E-state index contributed by atoms with van der Waals surface area (Å²) in [4.78, 5) is 12.1. The molecule has 9 heteroatoms.